The molecule has 1 aliphatic rings. The fourth-order valence-corrected chi connectivity index (χ4v) is 4.59. The molecule has 0 radical (unpaired) electrons. The van der Waals surface area contributed by atoms with Gasteiger partial charge in [-0.3, -0.25) is 0 Å². The Kier molecular flexibility index (Phi) is 2.38. The molecule has 1 aromatic heterocycles. The maximum Gasteiger partial charge on any atom is 0.0695 e. The van der Waals surface area contributed by atoms with Crippen LogP contribution >= 0.6 is 11.3 Å². The Balaban J connectivity index is 2.29. The van der Waals surface area contributed by atoms with E-state index in [0.717, 1.165) is 0 Å². The van der Waals surface area contributed by atoms with Gasteiger partial charge in [-0.25, -0.2) is 0 Å². The van der Waals surface area contributed by atoms with Crippen molar-refractivity contribution in [1.29, 1.82) is 0 Å². The summed E-state index contributed by atoms with van der Waals surface area (Å²) in [4.78, 5) is 1.47. The maximum absolute atomic E-state index is 2.54. The minimum Gasteiger partial charge on any atom is -0.143 e. The molecule has 17 heavy (non-hydrogen) atoms. The summed E-state index contributed by atoms with van der Waals surface area (Å²) >= 11 is 1.87. The van der Waals surface area contributed by atoms with Gasteiger partial charge in [-0.15, -0.1) is 11.3 Å². The van der Waals surface area contributed by atoms with Gasteiger partial charge in [0, 0.05) is 10.4 Å². The molecule has 0 N–H and O–H groups in total. The molecule has 1 aliphatic carbocycles. The zero-order chi connectivity index (χ0) is 12.0. The minimum absolute atomic E-state index is 1.19. The first-order chi connectivity index (χ1) is 8.06. The van der Waals surface area contributed by atoms with Crippen molar-refractivity contribution in [2.45, 2.75) is 19.6 Å². The summed E-state index contributed by atoms with van der Waals surface area (Å²) < 4.78 is 0. The molecule has 0 amide bonds. The molecule has 0 nitrogen and oxygen atoms in total. The predicted molar refractivity (Wildman–Crippen MR) is 80.2 cm³/mol. The third-order valence-electron chi connectivity index (χ3n) is 2.99. The van der Waals surface area contributed by atoms with Crippen LogP contribution in [0.3, 0.4) is 0 Å². The highest BCUT2D eigenvalue weighted by Gasteiger charge is 2.25. The van der Waals surface area contributed by atoms with Gasteiger partial charge in [0.1, 0.15) is 0 Å². The largest absolute Gasteiger partial charge is 0.143 e. The molecule has 1 aromatic carbocycles. The van der Waals surface area contributed by atoms with Crippen LogP contribution in [-0.4, -0.2) is 8.07 Å². The highest BCUT2D eigenvalue weighted by atomic mass is 32.1. The van der Waals surface area contributed by atoms with E-state index in [0.29, 0.717) is 0 Å². The van der Waals surface area contributed by atoms with Crippen LogP contribution in [0, 0.1) is 0 Å². The highest BCUT2D eigenvalue weighted by Crippen LogP contribution is 2.47. The molecule has 0 aliphatic heterocycles. The molecule has 0 saturated heterocycles. The smallest absolute Gasteiger partial charge is 0.0695 e. The summed E-state index contributed by atoms with van der Waals surface area (Å²) in [5.74, 6) is 0. The molecule has 1 heterocycles. The van der Waals surface area contributed by atoms with E-state index in [4.69, 9.17) is 0 Å². The van der Waals surface area contributed by atoms with Crippen LogP contribution in [-0.2, 0) is 0 Å². The normalized spacial score (nSPS) is 16.1. The Morgan fingerprint density at radius 2 is 1.65 bits per heavy atom. The molecule has 3 rings (SSSR count). The van der Waals surface area contributed by atoms with Crippen molar-refractivity contribution in [3.8, 4) is 11.1 Å². The fraction of sp³-hybridized carbons (Fsp3) is 0.200. The number of hydrogen-bond donors (Lipinski definition) is 0. The minimum atomic E-state index is -1.19. The van der Waals surface area contributed by atoms with Crippen molar-refractivity contribution >= 4 is 25.0 Å². The lowest BCUT2D eigenvalue weighted by atomic mass is 10.1. The quantitative estimate of drug-likeness (QED) is 0.535. The van der Waals surface area contributed by atoms with Gasteiger partial charge in [-0.2, -0.15) is 0 Å². The molecule has 2 aromatic rings. The van der Waals surface area contributed by atoms with Crippen molar-refractivity contribution < 1.29 is 0 Å². The molecule has 0 unspecified atom stereocenters. The first-order valence-electron chi connectivity index (χ1n) is 5.97. The average Bonchev–Trinajstić information content (AvgIpc) is 2.81. The van der Waals surface area contributed by atoms with E-state index in [1.54, 1.807) is 0 Å². The van der Waals surface area contributed by atoms with Gasteiger partial charge in [-0.1, -0.05) is 49.6 Å². The van der Waals surface area contributed by atoms with E-state index in [2.05, 4.69) is 61.1 Å². The molecule has 0 spiro atoms. The maximum atomic E-state index is 2.54. The fourth-order valence-electron chi connectivity index (χ4n) is 2.38. The van der Waals surface area contributed by atoms with Gasteiger partial charge < -0.3 is 0 Å². The number of benzene rings is 1. The van der Waals surface area contributed by atoms with E-state index >= 15 is 0 Å². The van der Waals surface area contributed by atoms with Crippen molar-refractivity contribution in [3.63, 3.8) is 0 Å². The van der Waals surface area contributed by atoms with Crippen LogP contribution in [0.5, 0.6) is 0 Å². The summed E-state index contributed by atoms with van der Waals surface area (Å²) in [6, 6.07) is 11.0. The molecular weight excluding hydrogens is 240 g/mol. The Hall–Kier alpha value is -1.12. The van der Waals surface area contributed by atoms with Crippen LogP contribution in [0.25, 0.3) is 16.7 Å². The van der Waals surface area contributed by atoms with E-state index in [1.165, 1.54) is 27.1 Å². The third kappa shape index (κ3) is 1.81. The molecule has 0 bridgehead atoms. The van der Waals surface area contributed by atoms with Gasteiger partial charge in [0.15, 0.2) is 0 Å². The Morgan fingerprint density at radius 1 is 0.941 bits per heavy atom. The van der Waals surface area contributed by atoms with Crippen LogP contribution in [0.1, 0.15) is 10.4 Å². The van der Waals surface area contributed by atoms with E-state index in [1.807, 2.05) is 11.3 Å². The van der Waals surface area contributed by atoms with Crippen LogP contribution in [0.4, 0.5) is 0 Å². The van der Waals surface area contributed by atoms with Gasteiger partial charge in [0.05, 0.1) is 8.07 Å². The van der Waals surface area contributed by atoms with Crippen molar-refractivity contribution in [1.82, 2.24) is 0 Å². The van der Waals surface area contributed by atoms with Gasteiger partial charge >= 0.3 is 0 Å². The summed E-state index contributed by atoms with van der Waals surface area (Å²) in [5, 5.41) is 2.21. The van der Waals surface area contributed by atoms with Crippen LogP contribution in [0.2, 0.25) is 19.6 Å². The Morgan fingerprint density at radius 3 is 2.35 bits per heavy atom. The topological polar surface area (TPSA) is 0 Å². The first kappa shape index (κ1) is 11.0. The van der Waals surface area contributed by atoms with Gasteiger partial charge in [-0.05, 0) is 28.1 Å². The second kappa shape index (κ2) is 3.69. The molecule has 0 fully saturated rings. The summed E-state index contributed by atoms with van der Waals surface area (Å²) in [6.07, 6.45) is 0. The second-order valence-corrected chi connectivity index (χ2v) is 11.6. The standard InChI is InChI=1S/C15H16SSi/c1-17(2,3)10-14-12-7-5-4-6-11(12)13-8-9-16-15(13)14/h4-10H,1-3H3/b14-10+. The van der Waals surface area contributed by atoms with Gasteiger partial charge in [0.2, 0.25) is 0 Å². The predicted octanol–water partition coefficient (Wildman–Crippen LogP) is 5.04. The second-order valence-electron chi connectivity index (χ2n) is 5.63. The lowest BCUT2D eigenvalue weighted by Gasteiger charge is -2.12. The number of fused-ring (bicyclic) bond motifs is 3. The van der Waals surface area contributed by atoms with Crippen molar-refractivity contribution in [2.24, 2.45) is 0 Å². The van der Waals surface area contributed by atoms with Crippen LogP contribution < -0.4 is 0 Å². The molecule has 0 saturated carbocycles. The third-order valence-corrected chi connectivity index (χ3v) is 5.10. The zero-order valence-electron chi connectivity index (χ0n) is 10.4. The van der Waals surface area contributed by atoms with E-state index < -0.39 is 8.07 Å². The Bertz CT molecular complexity index is 599. The lowest BCUT2D eigenvalue weighted by molar-refractivity contribution is 1.65. The zero-order valence-corrected chi connectivity index (χ0v) is 12.3. The average molecular weight is 256 g/mol. The number of hydrogen-bond acceptors (Lipinski definition) is 1. The van der Waals surface area contributed by atoms with Crippen molar-refractivity contribution in [3.05, 3.63) is 51.9 Å². The monoisotopic (exact) mass is 256 g/mol. The molecule has 2 heteroatoms. The first-order valence-corrected chi connectivity index (χ1v) is 10.4. The van der Waals surface area contributed by atoms with E-state index in [9.17, 15) is 0 Å². The number of rotatable bonds is 1. The molecular formula is C15H16SSi. The summed E-state index contributed by atoms with van der Waals surface area (Å²) in [5.41, 5.74) is 8.28. The van der Waals surface area contributed by atoms with E-state index in [-0.39, 0.29) is 0 Å². The van der Waals surface area contributed by atoms with Crippen LogP contribution in [0.15, 0.2) is 41.4 Å². The Labute approximate surface area is 108 Å². The van der Waals surface area contributed by atoms with Gasteiger partial charge in [0.25, 0.3) is 0 Å². The van der Waals surface area contributed by atoms with Crippen molar-refractivity contribution in [2.75, 3.05) is 0 Å². The highest BCUT2D eigenvalue weighted by molar-refractivity contribution is 7.12. The number of thiophene rings is 1. The summed E-state index contributed by atoms with van der Waals surface area (Å²) in [6.45, 7) is 7.19. The lowest BCUT2D eigenvalue weighted by Crippen LogP contribution is -2.16. The summed E-state index contributed by atoms with van der Waals surface area (Å²) in [7, 11) is -1.19. The molecule has 0 atom stereocenters. The SMILES string of the molecule is C[Si](C)(C)/C=C1\c2ccccc2-c2ccsc21. The molecule has 86 valence electrons.